The summed E-state index contributed by atoms with van der Waals surface area (Å²) in [5.74, 6) is -1.09. The van der Waals surface area contributed by atoms with Crippen molar-refractivity contribution in [2.75, 3.05) is 18.1 Å². The molecule has 1 fully saturated rings. The minimum absolute atomic E-state index is 0.0746. The molecule has 2 atom stereocenters. The van der Waals surface area contributed by atoms with Crippen LogP contribution in [-0.2, 0) is 24.7 Å². The van der Waals surface area contributed by atoms with Crippen molar-refractivity contribution >= 4 is 25.8 Å². The number of sulfone groups is 1. The van der Waals surface area contributed by atoms with E-state index in [4.69, 9.17) is 5.11 Å². The number of nitrogens with one attached hydrogen (secondary N) is 1. The molecule has 1 heterocycles. The highest BCUT2D eigenvalue weighted by Gasteiger charge is 2.36. The Kier molecular flexibility index (Phi) is 6.61. The zero-order chi connectivity index (χ0) is 16.1. The fraction of sp³-hybridized carbons (Fsp3) is 0.917. The summed E-state index contributed by atoms with van der Waals surface area (Å²) in [4.78, 5) is 10.5. The predicted octanol–water partition coefficient (Wildman–Crippen LogP) is 0.374. The summed E-state index contributed by atoms with van der Waals surface area (Å²) in [5.41, 5.74) is 0. The molecule has 2 unspecified atom stereocenters. The molecule has 124 valence electrons. The number of sulfonamides is 1. The second-order valence-electron chi connectivity index (χ2n) is 5.46. The first kappa shape index (κ1) is 18.4. The Morgan fingerprint density at radius 2 is 2.05 bits per heavy atom. The van der Waals surface area contributed by atoms with E-state index in [9.17, 15) is 21.6 Å². The van der Waals surface area contributed by atoms with Crippen molar-refractivity contribution in [3.8, 4) is 0 Å². The van der Waals surface area contributed by atoms with Crippen molar-refractivity contribution < 1.29 is 26.7 Å². The molecule has 0 spiro atoms. The van der Waals surface area contributed by atoms with Crippen LogP contribution in [0, 0.1) is 5.92 Å². The number of carbonyl (C=O) groups is 1. The van der Waals surface area contributed by atoms with E-state index in [1.807, 2.05) is 6.92 Å². The Bertz CT molecular complexity index is 554. The van der Waals surface area contributed by atoms with Crippen LogP contribution in [0.3, 0.4) is 0 Å². The van der Waals surface area contributed by atoms with Crippen molar-refractivity contribution in [2.45, 2.75) is 44.3 Å². The van der Waals surface area contributed by atoms with E-state index in [1.54, 1.807) is 0 Å². The molecule has 0 aromatic heterocycles. The standard InChI is InChI=1S/C12H23NO6S2/c1-2-10(3-4-12(14)15)5-7-13-21(18,19)11-6-8-20(16,17)9-11/h10-11,13H,2-9H2,1H3,(H,14,15). The van der Waals surface area contributed by atoms with E-state index in [0.29, 0.717) is 12.8 Å². The van der Waals surface area contributed by atoms with Crippen LogP contribution in [0.15, 0.2) is 0 Å². The van der Waals surface area contributed by atoms with E-state index in [2.05, 4.69) is 4.72 Å². The topological polar surface area (TPSA) is 118 Å². The first-order valence-electron chi connectivity index (χ1n) is 7.07. The molecule has 0 saturated carbocycles. The fourth-order valence-corrected chi connectivity index (χ4v) is 6.51. The van der Waals surface area contributed by atoms with Gasteiger partial charge in [0.05, 0.1) is 16.8 Å². The fourth-order valence-electron chi connectivity index (χ4n) is 2.41. The monoisotopic (exact) mass is 341 g/mol. The molecule has 0 bridgehead atoms. The van der Waals surface area contributed by atoms with Gasteiger partial charge in [-0.1, -0.05) is 13.3 Å². The highest BCUT2D eigenvalue weighted by atomic mass is 32.2. The van der Waals surface area contributed by atoms with Crippen molar-refractivity contribution in [3.05, 3.63) is 0 Å². The summed E-state index contributed by atoms with van der Waals surface area (Å²) in [5, 5.41) is 7.78. The molecule has 0 aliphatic carbocycles. The lowest BCUT2D eigenvalue weighted by Gasteiger charge is -2.16. The maximum Gasteiger partial charge on any atom is 0.303 e. The number of carboxylic acid groups (broad SMARTS) is 1. The third-order valence-electron chi connectivity index (χ3n) is 3.83. The van der Waals surface area contributed by atoms with E-state index < -0.39 is 31.1 Å². The highest BCUT2D eigenvalue weighted by molar-refractivity contribution is 7.95. The number of hydrogen-bond donors (Lipinski definition) is 2. The van der Waals surface area contributed by atoms with E-state index in [-0.39, 0.29) is 36.8 Å². The SMILES string of the molecule is CCC(CCNS(=O)(=O)C1CCS(=O)(=O)C1)CCC(=O)O. The molecule has 7 nitrogen and oxygen atoms in total. The zero-order valence-electron chi connectivity index (χ0n) is 12.1. The average Bonchev–Trinajstić information content (AvgIpc) is 2.74. The average molecular weight is 341 g/mol. The normalized spacial score (nSPS) is 23.0. The van der Waals surface area contributed by atoms with Gasteiger partial charge >= 0.3 is 5.97 Å². The molecule has 9 heteroatoms. The van der Waals surface area contributed by atoms with Gasteiger partial charge in [-0.05, 0) is 25.2 Å². The van der Waals surface area contributed by atoms with Gasteiger partial charge in [-0.2, -0.15) is 0 Å². The molecule has 1 aliphatic rings. The maximum absolute atomic E-state index is 12.0. The van der Waals surface area contributed by atoms with E-state index in [0.717, 1.165) is 6.42 Å². The Labute approximate surface area is 126 Å². The van der Waals surface area contributed by atoms with Gasteiger partial charge in [0.15, 0.2) is 9.84 Å². The van der Waals surface area contributed by atoms with E-state index in [1.165, 1.54) is 0 Å². The number of carboxylic acids is 1. The molecule has 0 radical (unpaired) electrons. The van der Waals surface area contributed by atoms with Crippen LogP contribution < -0.4 is 4.72 Å². The second-order valence-corrected chi connectivity index (χ2v) is 9.73. The highest BCUT2D eigenvalue weighted by Crippen LogP contribution is 2.19. The van der Waals surface area contributed by atoms with Crippen LogP contribution in [-0.4, -0.2) is 51.2 Å². The Balaban J connectivity index is 2.41. The molecule has 2 N–H and O–H groups in total. The number of aliphatic carboxylic acids is 1. The third kappa shape index (κ3) is 6.31. The summed E-state index contributed by atoms with van der Waals surface area (Å²) >= 11 is 0. The molecule has 21 heavy (non-hydrogen) atoms. The smallest absolute Gasteiger partial charge is 0.303 e. The van der Waals surface area contributed by atoms with Crippen molar-refractivity contribution in [1.82, 2.24) is 4.72 Å². The van der Waals surface area contributed by atoms with Gasteiger partial charge in [0.2, 0.25) is 10.0 Å². The summed E-state index contributed by atoms with van der Waals surface area (Å²) < 4.78 is 49.1. The van der Waals surface area contributed by atoms with Gasteiger partial charge < -0.3 is 5.11 Å². The van der Waals surface area contributed by atoms with Gasteiger partial charge in [-0.15, -0.1) is 0 Å². The van der Waals surface area contributed by atoms with Crippen LogP contribution in [0.25, 0.3) is 0 Å². The van der Waals surface area contributed by atoms with Gasteiger partial charge in [0, 0.05) is 13.0 Å². The van der Waals surface area contributed by atoms with Crippen LogP contribution in [0.5, 0.6) is 0 Å². The number of rotatable bonds is 9. The quantitative estimate of drug-likeness (QED) is 0.626. The van der Waals surface area contributed by atoms with Crippen LogP contribution in [0.4, 0.5) is 0 Å². The molecule has 1 rings (SSSR count). The van der Waals surface area contributed by atoms with Gasteiger partial charge in [0.1, 0.15) is 0 Å². The van der Waals surface area contributed by atoms with Crippen LogP contribution in [0.2, 0.25) is 0 Å². The Morgan fingerprint density at radius 1 is 1.38 bits per heavy atom. The van der Waals surface area contributed by atoms with Gasteiger partial charge in [-0.3, -0.25) is 4.79 Å². The summed E-state index contributed by atoms with van der Waals surface area (Å²) in [6.07, 6.45) is 2.08. The molecule has 0 aromatic rings. The van der Waals surface area contributed by atoms with Crippen LogP contribution in [0.1, 0.15) is 39.0 Å². The predicted molar refractivity (Wildman–Crippen MR) is 79.2 cm³/mol. The molecular weight excluding hydrogens is 318 g/mol. The summed E-state index contributed by atoms with van der Waals surface area (Å²) in [6, 6.07) is 0. The second kappa shape index (κ2) is 7.55. The van der Waals surface area contributed by atoms with Crippen LogP contribution >= 0.6 is 0 Å². The number of hydrogen-bond acceptors (Lipinski definition) is 5. The molecule has 0 aromatic carbocycles. The largest absolute Gasteiger partial charge is 0.481 e. The molecular formula is C12H23NO6S2. The first-order chi connectivity index (χ1) is 9.66. The lowest BCUT2D eigenvalue weighted by atomic mass is 9.97. The van der Waals surface area contributed by atoms with E-state index >= 15 is 0 Å². The van der Waals surface area contributed by atoms with Gasteiger partial charge in [-0.25, -0.2) is 21.6 Å². The Hall–Kier alpha value is -0.670. The minimum Gasteiger partial charge on any atom is -0.481 e. The summed E-state index contributed by atoms with van der Waals surface area (Å²) in [7, 11) is -6.84. The first-order valence-corrected chi connectivity index (χ1v) is 10.4. The van der Waals surface area contributed by atoms with Gasteiger partial charge in [0.25, 0.3) is 0 Å². The lowest BCUT2D eigenvalue weighted by Crippen LogP contribution is -2.36. The van der Waals surface area contributed by atoms with Crippen molar-refractivity contribution in [1.29, 1.82) is 0 Å². The zero-order valence-corrected chi connectivity index (χ0v) is 13.7. The third-order valence-corrected chi connectivity index (χ3v) is 7.69. The van der Waals surface area contributed by atoms with Crippen molar-refractivity contribution in [2.24, 2.45) is 5.92 Å². The molecule has 0 amide bonds. The molecule has 1 aliphatic heterocycles. The summed E-state index contributed by atoms with van der Waals surface area (Å²) in [6.45, 7) is 2.15. The minimum atomic E-state index is -3.61. The van der Waals surface area contributed by atoms with Crippen molar-refractivity contribution in [3.63, 3.8) is 0 Å². The maximum atomic E-state index is 12.0. The lowest BCUT2D eigenvalue weighted by molar-refractivity contribution is -0.137. The Morgan fingerprint density at radius 3 is 2.52 bits per heavy atom. The molecule has 1 saturated heterocycles.